The molecule has 1 aromatic carbocycles. The number of carbonyl (C=O) groups is 1. The number of aromatic nitrogens is 1. The molecule has 1 aliphatic heterocycles. The van der Waals surface area contributed by atoms with Crippen LogP contribution >= 0.6 is 11.6 Å². The number of hydrogen-bond acceptors (Lipinski definition) is 5. The Bertz CT molecular complexity index is 772. The van der Waals surface area contributed by atoms with Crippen molar-refractivity contribution < 1.29 is 15.0 Å². The zero-order valence-corrected chi connectivity index (χ0v) is 16.5. The fourth-order valence-electron chi connectivity index (χ4n) is 3.35. The van der Waals surface area contributed by atoms with Crippen molar-refractivity contribution in [1.82, 2.24) is 15.2 Å². The molecule has 0 saturated carbocycles. The molecule has 2 atom stereocenters. The third kappa shape index (κ3) is 5.52. The first kappa shape index (κ1) is 20.7. The molecule has 0 spiro atoms. The predicted octanol–water partition coefficient (Wildman–Crippen LogP) is 1.43. The molecule has 150 valence electrons. The zero-order valence-electron chi connectivity index (χ0n) is 15.7. The monoisotopic (exact) mass is 403 g/mol. The van der Waals surface area contributed by atoms with Crippen LogP contribution in [0.5, 0.6) is 0 Å². The standard InChI is InChI=1S/C21H26ClN3O3/c22-17-6-4-16(5-7-17)13-20(27)25-12-9-21(28,19(26)14-25)15-23-11-8-18-3-1-2-10-24-18/h1-7,10,19,23,26,28H,8-9,11-15H2/t19-,21-/m0/s1. The molecule has 6 nitrogen and oxygen atoms in total. The number of β-amino-alcohol motifs (C(OH)–C–C–N with tert-alkyl or cyclic N) is 1. The summed E-state index contributed by atoms with van der Waals surface area (Å²) in [6.07, 6.45) is 2.10. The number of nitrogens with zero attached hydrogens (tertiary/aromatic N) is 2. The third-order valence-corrected chi connectivity index (χ3v) is 5.42. The molecule has 1 amide bonds. The van der Waals surface area contributed by atoms with Crippen LogP contribution in [0.1, 0.15) is 17.7 Å². The topological polar surface area (TPSA) is 85.7 Å². The zero-order chi connectivity index (χ0) is 20.0. The lowest BCUT2D eigenvalue weighted by Gasteiger charge is -2.42. The summed E-state index contributed by atoms with van der Waals surface area (Å²) in [5, 5.41) is 25.1. The van der Waals surface area contributed by atoms with Gasteiger partial charge in [0.05, 0.1) is 6.42 Å². The highest BCUT2D eigenvalue weighted by atomic mass is 35.5. The molecule has 3 N–H and O–H groups in total. The van der Waals surface area contributed by atoms with Gasteiger partial charge in [0.15, 0.2) is 0 Å². The number of likely N-dealkylation sites (tertiary alicyclic amines) is 1. The summed E-state index contributed by atoms with van der Waals surface area (Å²) in [5.74, 6) is -0.0634. The highest BCUT2D eigenvalue weighted by molar-refractivity contribution is 6.30. The van der Waals surface area contributed by atoms with Crippen molar-refractivity contribution in [2.45, 2.75) is 31.0 Å². The van der Waals surface area contributed by atoms with E-state index in [-0.39, 0.29) is 25.4 Å². The Morgan fingerprint density at radius 1 is 1.29 bits per heavy atom. The van der Waals surface area contributed by atoms with E-state index in [1.807, 2.05) is 30.3 Å². The first-order valence-electron chi connectivity index (χ1n) is 9.49. The Morgan fingerprint density at radius 2 is 2.07 bits per heavy atom. The van der Waals surface area contributed by atoms with Crippen molar-refractivity contribution in [3.05, 3.63) is 64.9 Å². The molecule has 0 bridgehead atoms. The van der Waals surface area contributed by atoms with Crippen LogP contribution in [0, 0.1) is 0 Å². The minimum atomic E-state index is -1.23. The molecule has 3 rings (SSSR count). The Hall–Kier alpha value is -1.99. The summed E-state index contributed by atoms with van der Waals surface area (Å²) in [4.78, 5) is 18.4. The minimum Gasteiger partial charge on any atom is -0.388 e. The molecule has 7 heteroatoms. The van der Waals surface area contributed by atoms with E-state index in [1.165, 1.54) is 0 Å². The van der Waals surface area contributed by atoms with Gasteiger partial charge in [0.25, 0.3) is 0 Å². The van der Waals surface area contributed by atoms with Gasteiger partial charge in [-0.3, -0.25) is 9.78 Å². The summed E-state index contributed by atoms with van der Waals surface area (Å²) in [6.45, 7) is 1.48. The number of benzene rings is 1. The molecule has 1 aliphatic rings. The predicted molar refractivity (Wildman–Crippen MR) is 108 cm³/mol. The molecule has 0 aliphatic carbocycles. The van der Waals surface area contributed by atoms with Crippen molar-refractivity contribution in [3.63, 3.8) is 0 Å². The SMILES string of the molecule is O=C(Cc1ccc(Cl)cc1)N1CC[C@](O)(CNCCc2ccccn2)[C@@H](O)C1. The summed E-state index contributed by atoms with van der Waals surface area (Å²) >= 11 is 5.87. The van der Waals surface area contributed by atoms with E-state index in [0.29, 0.717) is 24.5 Å². The summed E-state index contributed by atoms with van der Waals surface area (Å²) in [5.41, 5.74) is 0.618. The molecule has 28 heavy (non-hydrogen) atoms. The van der Waals surface area contributed by atoms with Gasteiger partial charge < -0.3 is 20.4 Å². The minimum absolute atomic E-state index is 0.0634. The lowest BCUT2D eigenvalue weighted by Crippen LogP contribution is -2.60. The number of amides is 1. The number of rotatable bonds is 7. The van der Waals surface area contributed by atoms with Crippen LogP contribution in [-0.4, -0.2) is 63.9 Å². The van der Waals surface area contributed by atoms with Crippen molar-refractivity contribution in [3.8, 4) is 0 Å². The van der Waals surface area contributed by atoms with Crippen molar-refractivity contribution in [2.75, 3.05) is 26.2 Å². The van der Waals surface area contributed by atoms with E-state index < -0.39 is 11.7 Å². The maximum Gasteiger partial charge on any atom is 0.227 e. The largest absolute Gasteiger partial charge is 0.388 e. The number of carbonyl (C=O) groups excluding carboxylic acids is 1. The van der Waals surface area contributed by atoms with Crippen LogP contribution < -0.4 is 5.32 Å². The molecular weight excluding hydrogens is 378 g/mol. The molecule has 1 saturated heterocycles. The molecule has 1 aromatic heterocycles. The van der Waals surface area contributed by atoms with Crippen molar-refractivity contribution >= 4 is 17.5 Å². The van der Waals surface area contributed by atoms with Crippen molar-refractivity contribution in [2.24, 2.45) is 0 Å². The lowest BCUT2D eigenvalue weighted by molar-refractivity contribution is -0.148. The molecule has 1 fully saturated rings. The van der Waals surface area contributed by atoms with Gasteiger partial charge in [-0.1, -0.05) is 29.8 Å². The fourth-order valence-corrected chi connectivity index (χ4v) is 3.48. The number of pyridine rings is 1. The van der Waals surface area contributed by atoms with Crippen LogP contribution in [0.3, 0.4) is 0 Å². The first-order chi connectivity index (χ1) is 13.5. The van der Waals surface area contributed by atoms with Gasteiger partial charge in [-0.25, -0.2) is 0 Å². The Labute approximate surface area is 170 Å². The number of hydrogen-bond donors (Lipinski definition) is 3. The van der Waals surface area contributed by atoms with Crippen LogP contribution in [0.4, 0.5) is 0 Å². The molecule has 2 aromatic rings. The fraction of sp³-hybridized carbons (Fsp3) is 0.429. The Balaban J connectivity index is 1.45. The molecule has 2 heterocycles. The summed E-state index contributed by atoms with van der Waals surface area (Å²) in [6, 6.07) is 12.9. The van der Waals surface area contributed by atoms with Crippen molar-refractivity contribution in [1.29, 1.82) is 0 Å². The van der Waals surface area contributed by atoms with Crippen LogP contribution in [0.25, 0.3) is 0 Å². The van der Waals surface area contributed by atoms with E-state index in [4.69, 9.17) is 11.6 Å². The second kappa shape index (κ2) is 9.47. The Kier molecular flexibility index (Phi) is 7.02. The van der Waals surface area contributed by atoms with E-state index in [2.05, 4.69) is 10.3 Å². The summed E-state index contributed by atoms with van der Waals surface area (Å²) in [7, 11) is 0. The number of piperidine rings is 1. The molecule has 0 unspecified atom stereocenters. The Morgan fingerprint density at radius 3 is 2.75 bits per heavy atom. The van der Waals surface area contributed by atoms with Gasteiger partial charge in [0.2, 0.25) is 5.91 Å². The van der Waals surface area contributed by atoms with Gasteiger partial charge in [-0.15, -0.1) is 0 Å². The average Bonchev–Trinajstić information content (AvgIpc) is 2.70. The molecule has 0 radical (unpaired) electrons. The number of aliphatic hydroxyl groups excluding tert-OH is 1. The van der Waals surface area contributed by atoms with Gasteiger partial charge in [0, 0.05) is 49.5 Å². The van der Waals surface area contributed by atoms with E-state index in [1.54, 1.807) is 23.2 Å². The maximum atomic E-state index is 12.5. The van der Waals surface area contributed by atoms with Crippen LogP contribution in [0.15, 0.2) is 48.7 Å². The normalized spacial score (nSPS) is 22.2. The average molecular weight is 404 g/mol. The molecular formula is C21H26ClN3O3. The number of nitrogens with one attached hydrogen (secondary N) is 1. The number of halogens is 1. The summed E-state index contributed by atoms with van der Waals surface area (Å²) < 4.78 is 0. The highest BCUT2D eigenvalue weighted by Crippen LogP contribution is 2.23. The van der Waals surface area contributed by atoms with Gasteiger partial charge in [-0.2, -0.15) is 0 Å². The quantitative estimate of drug-likeness (QED) is 0.609. The first-order valence-corrected chi connectivity index (χ1v) is 9.87. The van der Waals surface area contributed by atoms with E-state index >= 15 is 0 Å². The van der Waals surface area contributed by atoms with Gasteiger partial charge in [0.1, 0.15) is 11.7 Å². The smallest absolute Gasteiger partial charge is 0.227 e. The highest BCUT2D eigenvalue weighted by Gasteiger charge is 2.41. The second-order valence-corrected chi connectivity index (χ2v) is 7.70. The number of aliphatic hydroxyl groups is 2. The second-order valence-electron chi connectivity index (χ2n) is 7.26. The van der Waals surface area contributed by atoms with Crippen LogP contribution in [0.2, 0.25) is 5.02 Å². The van der Waals surface area contributed by atoms with Gasteiger partial charge >= 0.3 is 0 Å². The lowest BCUT2D eigenvalue weighted by atomic mass is 9.88. The maximum absolute atomic E-state index is 12.5. The third-order valence-electron chi connectivity index (χ3n) is 5.16. The van der Waals surface area contributed by atoms with E-state index in [9.17, 15) is 15.0 Å². The van der Waals surface area contributed by atoms with E-state index in [0.717, 1.165) is 17.7 Å². The van der Waals surface area contributed by atoms with Gasteiger partial charge in [-0.05, 0) is 36.2 Å². The van der Waals surface area contributed by atoms with Crippen LogP contribution in [-0.2, 0) is 17.6 Å².